The van der Waals surface area contributed by atoms with Crippen molar-refractivity contribution in [3.8, 4) is 0 Å². The largest absolute Gasteiger partial charge is 0.362 e. The van der Waals surface area contributed by atoms with Crippen LogP contribution in [0.25, 0.3) is 0 Å². The summed E-state index contributed by atoms with van der Waals surface area (Å²) in [6, 6.07) is 8.26. The second-order valence-corrected chi connectivity index (χ2v) is 6.17. The fourth-order valence-electron chi connectivity index (χ4n) is 2.48. The summed E-state index contributed by atoms with van der Waals surface area (Å²) < 4.78 is 0. The van der Waals surface area contributed by atoms with Gasteiger partial charge in [-0.25, -0.2) is 0 Å². The van der Waals surface area contributed by atoms with Gasteiger partial charge in [-0.1, -0.05) is 36.5 Å². The number of anilines is 1. The van der Waals surface area contributed by atoms with Gasteiger partial charge in [0.05, 0.1) is 13.1 Å². The maximum atomic E-state index is 12.1. The predicted octanol–water partition coefficient (Wildman–Crippen LogP) is 1.78. The Morgan fingerprint density at radius 3 is 2.95 bits per heavy atom. The van der Waals surface area contributed by atoms with Gasteiger partial charge >= 0.3 is 0 Å². The average molecular weight is 302 g/mol. The van der Waals surface area contributed by atoms with Crippen molar-refractivity contribution >= 4 is 22.9 Å². The van der Waals surface area contributed by atoms with E-state index in [-0.39, 0.29) is 5.91 Å². The molecule has 21 heavy (non-hydrogen) atoms. The summed E-state index contributed by atoms with van der Waals surface area (Å²) in [5, 5.41) is 12.9. The molecule has 1 amide bonds. The minimum atomic E-state index is 0.0277. The highest BCUT2D eigenvalue weighted by Gasteiger charge is 2.20. The molecule has 0 fully saturated rings. The minimum Gasteiger partial charge on any atom is -0.362 e. The topological polar surface area (TPSA) is 58.1 Å². The van der Waals surface area contributed by atoms with E-state index < -0.39 is 0 Å². The zero-order valence-corrected chi connectivity index (χ0v) is 12.8. The number of carbonyl (C=O) groups excluding carboxylic acids is 1. The van der Waals surface area contributed by atoms with Crippen LogP contribution in [0.5, 0.6) is 0 Å². The Kier molecular flexibility index (Phi) is 4.15. The number of aromatic nitrogens is 2. The first kappa shape index (κ1) is 14.0. The minimum absolute atomic E-state index is 0.0277. The number of nitrogens with one attached hydrogen (secondary N) is 1. The monoisotopic (exact) mass is 302 g/mol. The van der Waals surface area contributed by atoms with Crippen LogP contribution < -0.4 is 10.2 Å². The second kappa shape index (κ2) is 6.22. The van der Waals surface area contributed by atoms with Crippen LogP contribution in [0.4, 0.5) is 5.69 Å². The molecular weight excluding hydrogens is 284 g/mol. The Labute approximate surface area is 128 Å². The maximum absolute atomic E-state index is 12.1. The van der Waals surface area contributed by atoms with E-state index in [4.69, 9.17) is 0 Å². The van der Waals surface area contributed by atoms with Crippen molar-refractivity contribution in [3.63, 3.8) is 0 Å². The molecule has 0 spiro atoms. The zero-order chi connectivity index (χ0) is 14.7. The molecule has 0 unspecified atom stereocenters. The molecule has 1 aliphatic heterocycles. The van der Waals surface area contributed by atoms with E-state index in [1.54, 1.807) is 11.3 Å². The smallest absolute Gasteiger partial charge is 0.239 e. The van der Waals surface area contributed by atoms with Crippen LogP contribution in [0.15, 0.2) is 24.3 Å². The fourth-order valence-corrected chi connectivity index (χ4v) is 3.20. The molecule has 1 N–H and O–H groups in total. The van der Waals surface area contributed by atoms with Gasteiger partial charge in [0.2, 0.25) is 5.91 Å². The maximum Gasteiger partial charge on any atom is 0.239 e. The Morgan fingerprint density at radius 2 is 2.14 bits per heavy atom. The van der Waals surface area contributed by atoms with Crippen molar-refractivity contribution in [2.75, 3.05) is 18.0 Å². The van der Waals surface area contributed by atoms with Gasteiger partial charge in [-0.15, -0.1) is 10.2 Å². The summed E-state index contributed by atoms with van der Waals surface area (Å²) in [7, 11) is 0. The van der Waals surface area contributed by atoms with E-state index in [0.29, 0.717) is 13.1 Å². The molecule has 1 aromatic carbocycles. The van der Waals surface area contributed by atoms with Crippen molar-refractivity contribution in [2.45, 2.75) is 26.3 Å². The van der Waals surface area contributed by atoms with Crippen LogP contribution in [-0.2, 0) is 24.2 Å². The van der Waals surface area contributed by atoms with Gasteiger partial charge in [0.25, 0.3) is 0 Å². The van der Waals surface area contributed by atoms with Crippen molar-refractivity contribution < 1.29 is 4.79 Å². The summed E-state index contributed by atoms with van der Waals surface area (Å²) in [6.45, 7) is 3.82. The number of hydrogen-bond acceptors (Lipinski definition) is 5. The summed E-state index contributed by atoms with van der Waals surface area (Å²) in [4.78, 5) is 14.2. The van der Waals surface area contributed by atoms with Crippen LogP contribution in [-0.4, -0.2) is 29.2 Å². The molecule has 1 aliphatic rings. The summed E-state index contributed by atoms with van der Waals surface area (Å²) >= 11 is 1.56. The number of amides is 1. The van der Waals surface area contributed by atoms with Crippen molar-refractivity contribution in [1.29, 1.82) is 0 Å². The second-order valence-electron chi connectivity index (χ2n) is 5.02. The molecule has 0 bridgehead atoms. The van der Waals surface area contributed by atoms with Crippen LogP contribution in [0.3, 0.4) is 0 Å². The van der Waals surface area contributed by atoms with Gasteiger partial charge in [0, 0.05) is 12.2 Å². The highest BCUT2D eigenvalue weighted by Crippen LogP contribution is 2.26. The van der Waals surface area contributed by atoms with E-state index in [1.165, 1.54) is 11.3 Å². The third kappa shape index (κ3) is 3.21. The Morgan fingerprint density at radius 1 is 1.33 bits per heavy atom. The standard InChI is InChI=1S/C15H18N4OS/c1-2-14-17-18-15(21-14)9-16-13(20)10-19-8-7-11-5-3-4-6-12(11)19/h3-6H,2,7-10H2,1H3,(H,16,20). The van der Waals surface area contributed by atoms with Crippen LogP contribution in [0.2, 0.25) is 0 Å². The SMILES string of the molecule is CCc1nnc(CNC(=O)CN2CCc3ccccc32)s1. The van der Waals surface area contributed by atoms with Crippen molar-refractivity contribution in [2.24, 2.45) is 0 Å². The molecule has 0 aliphatic carbocycles. The van der Waals surface area contributed by atoms with Crippen LogP contribution in [0, 0.1) is 0 Å². The Hall–Kier alpha value is -1.95. The van der Waals surface area contributed by atoms with Crippen LogP contribution in [0.1, 0.15) is 22.5 Å². The molecule has 2 heterocycles. The van der Waals surface area contributed by atoms with Gasteiger partial charge in [0.1, 0.15) is 10.0 Å². The lowest BCUT2D eigenvalue weighted by atomic mass is 10.2. The van der Waals surface area contributed by atoms with E-state index in [2.05, 4.69) is 32.5 Å². The fraction of sp³-hybridized carbons (Fsp3) is 0.400. The lowest BCUT2D eigenvalue weighted by Crippen LogP contribution is -2.36. The van der Waals surface area contributed by atoms with E-state index in [9.17, 15) is 4.79 Å². The number of hydrogen-bond donors (Lipinski definition) is 1. The lowest BCUT2D eigenvalue weighted by Gasteiger charge is -2.18. The van der Waals surface area contributed by atoms with E-state index >= 15 is 0 Å². The number of aryl methyl sites for hydroxylation is 1. The highest BCUT2D eigenvalue weighted by atomic mass is 32.1. The molecule has 0 radical (unpaired) electrons. The van der Waals surface area contributed by atoms with Crippen molar-refractivity contribution in [1.82, 2.24) is 15.5 Å². The number of carbonyl (C=O) groups is 1. The number of benzene rings is 1. The van der Waals surface area contributed by atoms with Gasteiger partial charge in [0.15, 0.2) is 0 Å². The summed E-state index contributed by atoms with van der Waals surface area (Å²) in [6.07, 6.45) is 1.90. The van der Waals surface area contributed by atoms with Crippen molar-refractivity contribution in [3.05, 3.63) is 39.8 Å². The third-order valence-electron chi connectivity index (χ3n) is 3.57. The van der Waals surface area contributed by atoms with E-state index in [1.807, 2.05) is 19.1 Å². The van der Waals surface area contributed by atoms with Crippen LogP contribution >= 0.6 is 11.3 Å². The molecule has 0 atom stereocenters. The first-order valence-corrected chi connectivity index (χ1v) is 7.98. The predicted molar refractivity (Wildman–Crippen MR) is 83.5 cm³/mol. The lowest BCUT2D eigenvalue weighted by molar-refractivity contribution is -0.119. The normalized spacial score (nSPS) is 13.3. The molecular formula is C15H18N4OS. The van der Waals surface area contributed by atoms with Gasteiger partial charge in [-0.05, 0) is 24.5 Å². The molecule has 5 nitrogen and oxygen atoms in total. The average Bonchev–Trinajstić information content (AvgIpc) is 3.12. The number of para-hydroxylation sites is 1. The Bertz CT molecular complexity index is 640. The Balaban J connectivity index is 1.53. The molecule has 1 aromatic heterocycles. The number of fused-ring (bicyclic) bond motifs is 1. The quantitative estimate of drug-likeness (QED) is 0.914. The molecule has 110 valence electrons. The first-order valence-electron chi connectivity index (χ1n) is 7.17. The van der Waals surface area contributed by atoms with Gasteiger partial charge < -0.3 is 10.2 Å². The molecule has 0 saturated heterocycles. The van der Waals surface area contributed by atoms with Gasteiger partial charge in [-0.3, -0.25) is 4.79 Å². The number of nitrogens with zero attached hydrogens (tertiary/aromatic N) is 3. The summed E-state index contributed by atoms with van der Waals surface area (Å²) in [5.41, 5.74) is 2.50. The zero-order valence-electron chi connectivity index (χ0n) is 12.0. The molecule has 0 saturated carbocycles. The third-order valence-corrected chi connectivity index (χ3v) is 4.63. The van der Waals surface area contributed by atoms with E-state index in [0.717, 1.165) is 29.4 Å². The molecule has 2 aromatic rings. The highest BCUT2D eigenvalue weighted by molar-refractivity contribution is 7.11. The molecule has 6 heteroatoms. The molecule has 3 rings (SSSR count). The number of rotatable bonds is 5. The van der Waals surface area contributed by atoms with Gasteiger partial charge in [-0.2, -0.15) is 0 Å². The first-order chi connectivity index (χ1) is 10.3. The summed E-state index contributed by atoms with van der Waals surface area (Å²) in [5.74, 6) is 0.0277.